The van der Waals surface area contributed by atoms with Crippen molar-refractivity contribution in [1.29, 1.82) is 0 Å². The lowest BCUT2D eigenvalue weighted by Gasteiger charge is -2.24. The van der Waals surface area contributed by atoms with Crippen molar-refractivity contribution in [3.05, 3.63) is 11.7 Å². The van der Waals surface area contributed by atoms with Crippen LogP contribution in [0, 0.1) is 0 Å². The Bertz CT molecular complexity index is 411. The van der Waals surface area contributed by atoms with Crippen LogP contribution in [-0.2, 0) is 11.2 Å². The minimum absolute atomic E-state index is 0.108. The number of rotatable bonds is 5. The molecule has 1 aromatic heterocycles. The summed E-state index contributed by atoms with van der Waals surface area (Å²) in [5.41, 5.74) is 5.91. The average Bonchev–Trinajstić information content (AvgIpc) is 2.77. The van der Waals surface area contributed by atoms with Gasteiger partial charge in [0, 0.05) is 26.1 Å². The SMILES string of the molecule is COCC(N)Cc1nc(C2CN(C)CCCN2C)no1. The number of methoxy groups -OCH3 is 1. The molecule has 7 nitrogen and oxygen atoms in total. The number of hydrogen-bond acceptors (Lipinski definition) is 7. The highest BCUT2D eigenvalue weighted by Crippen LogP contribution is 2.20. The van der Waals surface area contributed by atoms with Crippen LogP contribution >= 0.6 is 0 Å². The second-order valence-electron chi connectivity index (χ2n) is 5.58. The maximum absolute atomic E-state index is 5.91. The van der Waals surface area contributed by atoms with Crippen molar-refractivity contribution in [2.75, 3.05) is 47.4 Å². The molecule has 0 amide bonds. The Morgan fingerprint density at radius 3 is 3.00 bits per heavy atom. The van der Waals surface area contributed by atoms with Gasteiger partial charge in [-0.2, -0.15) is 4.98 Å². The minimum Gasteiger partial charge on any atom is -0.383 e. The number of hydrogen-bond donors (Lipinski definition) is 1. The van der Waals surface area contributed by atoms with Crippen LogP contribution in [0.3, 0.4) is 0 Å². The maximum Gasteiger partial charge on any atom is 0.228 e. The summed E-state index contributed by atoms with van der Waals surface area (Å²) in [6.45, 7) is 3.55. The molecule has 2 heterocycles. The van der Waals surface area contributed by atoms with E-state index in [1.54, 1.807) is 7.11 Å². The smallest absolute Gasteiger partial charge is 0.228 e. The van der Waals surface area contributed by atoms with E-state index in [0.29, 0.717) is 18.9 Å². The molecule has 114 valence electrons. The van der Waals surface area contributed by atoms with E-state index in [4.69, 9.17) is 15.0 Å². The molecule has 20 heavy (non-hydrogen) atoms. The molecular formula is C13H25N5O2. The van der Waals surface area contributed by atoms with Gasteiger partial charge in [-0.15, -0.1) is 0 Å². The predicted molar refractivity (Wildman–Crippen MR) is 75.3 cm³/mol. The lowest BCUT2D eigenvalue weighted by molar-refractivity contribution is 0.176. The third kappa shape index (κ3) is 3.99. The van der Waals surface area contributed by atoms with E-state index >= 15 is 0 Å². The van der Waals surface area contributed by atoms with Gasteiger partial charge in [0.05, 0.1) is 12.6 Å². The van der Waals surface area contributed by atoms with Gasteiger partial charge in [0.1, 0.15) is 0 Å². The summed E-state index contributed by atoms with van der Waals surface area (Å²) in [5.74, 6) is 1.34. The Hall–Kier alpha value is -1.02. The van der Waals surface area contributed by atoms with E-state index in [2.05, 4.69) is 34.0 Å². The Morgan fingerprint density at radius 1 is 1.45 bits per heavy atom. The van der Waals surface area contributed by atoms with Crippen molar-refractivity contribution in [3.8, 4) is 0 Å². The van der Waals surface area contributed by atoms with Crippen molar-refractivity contribution >= 4 is 0 Å². The predicted octanol–water partition coefficient (Wildman–Crippen LogP) is -0.106. The van der Waals surface area contributed by atoms with E-state index in [0.717, 1.165) is 31.9 Å². The molecule has 1 aliphatic rings. The largest absolute Gasteiger partial charge is 0.383 e. The van der Waals surface area contributed by atoms with E-state index in [9.17, 15) is 0 Å². The zero-order valence-corrected chi connectivity index (χ0v) is 12.6. The van der Waals surface area contributed by atoms with Gasteiger partial charge in [-0.1, -0.05) is 5.16 Å². The lowest BCUT2D eigenvalue weighted by Crippen LogP contribution is -2.31. The number of nitrogens with zero attached hydrogens (tertiary/aromatic N) is 4. The van der Waals surface area contributed by atoms with Crippen LogP contribution in [-0.4, -0.2) is 73.4 Å². The summed E-state index contributed by atoms with van der Waals surface area (Å²) in [7, 11) is 5.87. The van der Waals surface area contributed by atoms with Crippen LogP contribution in [0.2, 0.25) is 0 Å². The average molecular weight is 283 g/mol. The molecule has 2 atom stereocenters. The third-order valence-electron chi connectivity index (χ3n) is 3.67. The second kappa shape index (κ2) is 7.12. The molecule has 0 saturated carbocycles. The number of aromatic nitrogens is 2. The van der Waals surface area contributed by atoms with E-state index in [-0.39, 0.29) is 12.1 Å². The highest BCUT2D eigenvalue weighted by atomic mass is 16.5. The molecule has 0 bridgehead atoms. The molecule has 1 aromatic rings. The molecule has 1 saturated heterocycles. The van der Waals surface area contributed by atoms with Crippen LogP contribution in [0.15, 0.2) is 4.52 Å². The number of ether oxygens (including phenoxy) is 1. The van der Waals surface area contributed by atoms with Crippen LogP contribution in [0.5, 0.6) is 0 Å². The van der Waals surface area contributed by atoms with Gasteiger partial charge in [0.15, 0.2) is 5.82 Å². The summed E-state index contributed by atoms with van der Waals surface area (Å²) >= 11 is 0. The standard InChI is InChI=1S/C13H25N5O2/c1-17-5-4-6-18(2)11(8-17)13-15-12(20-16-13)7-10(14)9-19-3/h10-11H,4-9,14H2,1-3H3. The van der Waals surface area contributed by atoms with E-state index < -0.39 is 0 Å². The van der Waals surface area contributed by atoms with Crippen LogP contribution < -0.4 is 5.73 Å². The van der Waals surface area contributed by atoms with E-state index in [1.165, 1.54) is 0 Å². The topological polar surface area (TPSA) is 80.7 Å². The molecule has 0 aliphatic carbocycles. The molecule has 2 N–H and O–H groups in total. The zero-order valence-electron chi connectivity index (χ0n) is 12.6. The first-order valence-electron chi connectivity index (χ1n) is 7.06. The molecule has 1 aliphatic heterocycles. The van der Waals surface area contributed by atoms with Crippen molar-refractivity contribution in [2.45, 2.75) is 24.9 Å². The molecule has 0 aromatic carbocycles. The summed E-state index contributed by atoms with van der Waals surface area (Å²) in [5, 5.41) is 4.13. The maximum atomic E-state index is 5.91. The fourth-order valence-electron chi connectivity index (χ4n) is 2.53. The normalized spacial score (nSPS) is 23.7. The lowest BCUT2D eigenvalue weighted by atomic mass is 10.2. The number of nitrogens with two attached hydrogens (primary N) is 1. The third-order valence-corrected chi connectivity index (χ3v) is 3.67. The molecule has 2 rings (SSSR count). The van der Waals surface area contributed by atoms with Gasteiger partial charge < -0.3 is 19.9 Å². The monoisotopic (exact) mass is 283 g/mol. The first kappa shape index (κ1) is 15.4. The Morgan fingerprint density at radius 2 is 2.25 bits per heavy atom. The van der Waals surface area contributed by atoms with Crippen molar-refractivity contribution in [3.63, 3.8) is 0 Å². The van der Waals surface area contributed by atoms with Gasteiger partial charge in [0.2, 0.25) is 5.89 Å². The fourth-order valence-corrected chi connectivity index (χ4v) is 2.53. The molecule has 7 heteroatoms. The van der Waals surface area contributed by atoms with Crippen LogP contribution in [0.25, 0.3) is 0 Å². The van der Waals surface area contributed by atoms with Gasteiger partial charge in [-0.25, -0.2) is 0 Å². The molecular weight excluding hydrogens is 258 g/mol. The van der Waals surface area contributed by atoms with Gasteiger partial charge >= 0.3 is 0 Å². The van der Waals surface area contributed by atoms with E-state index in [1.807, 2.05) is 0 Å². The first-order valence-corrected chi connectivity index (χ1v) is 7.06. The molecule has 1 fully saturated rings. The van der Waals surface area contributed by atoms with Crippen molar-refractivity contribution < 1.29 is 9.26 Å². The quantitative estimate of drug-likeness (QED) is 0.807. The Kier molecular flexibility index (Phi) is 5.47. The van der Waals surface area contributed by atoms with Gasteiger partial charge in [0.25, 0.3) is 0 Å². The van der Waals surface area contributed by atoms with Crippen LogP contribution in [0.4, 0.5) is 0 Å². The number of likely N-dealkylation sites (N-methyl/N-ethyl adjacent to an activating group) is 2. The fraction of sp³-hybridized carbons (Fsp3) is 0.846. The highest BCUT2D eigenvalue weighted by molar-refractivity contribution is 4.98. The molecule has 0 radical (unpaired) electrons. The summed E-state index contributed by atoms with van der Waals surface area (Å²) in [6.07, 6.45) is 1.71. The summed E-state index contributed by atoms with van der Waals surface area (Å²) < 4.78 is 10.3. The first-order chi connectivity index (χ1) is 9.60. The van der Waals surface area contributed by atoms with Crippen molar-refractivity contribution in [1.82, 2.24) is 19.9 Å². The Labute approximate surface area is 120 Å². The second-order valence-corrected chi connectivity index (χ2v) is 5.58. The zero-order chi connectivity index (χ0) is 14.5. The summed E-state index contributed by atoms with van der Waals surface area (Å²) in [6, 6.07) is 0.0708. The molecule has 2 unspecified atom stereocenters. The van der Waals surface area contributed by atoms with Gasteiger partial charge in [-0.3, -0.25) is 4.90 Å². The summed E-state index contributed by atoms with van der Waals surface area (Å²) in [4.78, 5) is 9.09. The Balaban J connectivity index is 2.02. The van der Waals surface area contributed by atoms with Crippen molar-refractivity contribution in [2.24, 2.45) is 5.73 Å². The minimum atomic E-state index is -0.108. The van der Waals surface area contributed by atoms with Crippen LogP contribution in [0.1, 0.15) is 24.2 Å². The molecule has 0 spiro atoms. The highest BCUT2D eigenvalue weighted by Gasteiger charge is 2.26. The van der Waals surface area contributed by atoms with Gasteiger partial charge in [-0.05, 0) is 33.6 Å².